The number of nitrogens with one attached hydrogen (secondary N) is 1. The summed E-state index contributed by atoms with van der Waals surface area (Å²) < 4.78 is 32.2. The Bertz CT molecular complexity index is 1420. The number of carbonyl (C=O) groups is 1. The summed E-state index contributed by atoms with van der Waals surface area (Å²) in [5.41, 5.74) is 1.93. The van der Waals surface area contributed by atoms with Crippen LogP contribution in [0.3, 0.4) is 0 Å². The minimum Gasteiger partial charge on any atom is -0.493 e. The summed E-state index contributed by atoms with van der Waals surface area (Å²) in [5.74, 6) is 2.04. The summed E-state index contributed by atoms with van der Waals surface area (Å²) in [6, 6.07) is 11.2. The van der Waals surface area contributed by atoms with Gasteiger partial charge in [-0.25, -0.2) is 0 Å². The largest absolute Gasteiger partial charge is 0.493 e. The molecule has 0 radical (unpaired) electrons. The lowest BCUT2D eigenvalue weighted by Gasteiger charge is -2.14. The number of methoxy groups -OCH3 is 6. The first kappa shape index (κ1) is 29.4. The number of hydrogen-bond acceptors (Lipinski definition) is 10. The molecular weight excluding hydrogens is 520 g/mol. The maximum Gasteiger partial charge on any atom is 0.311 e. The lowest BCUT2D eigenvalue weighted by Crippen LogP contribution is -2.01. The Morgan fingerprint density at radius 2 is 1.25 bits per heavy atom. The van der Waals surface area contributed by atoms with Crippen LogP contribution >= 0.6 is 0 Å². The summed E-state index contributed by atoms with van der Waals surface area (Å²) >= 11 is 0. The Morgan fingerprint density at radius 1 is 0.725 bits per heavy atom. The second-order valence-corrected chi connectivity index (χ2v) is 8.08. The van der Waals surface area contributed by atoms with E-state index in [1.165, 1.54) is 58.9 Å². The topological polar surface area (TPSA) is 128 Å². The van der Waals surface area contributed by atoms with E-state index in [1.807, 2.05) is 30.4 Å². The molecule has 0 atom stereocenters. The molecule has 0 amide bonds. The van der Waals surface area contributed by atoms with Gasteiger partial charge in [0.1, 0.15) is 0 Å². The molecule has 1 N–H and O–H groups in total. The zero-order valence-corrected chi connectivity index (χ0v) is 23.0. The number of ketones is 1. The highest BCUT2D eigenvalue weighted by molar-refractivity contribution is 6.05. The Kier molecular flexibility index (Phi) is 9.95. The van der Waals surface area contributed by atoms with Crippen molar-refractivity contribution >= 4 is 29.3 Å². The van der Waals surface area contributed by atoms with Crippen LogP contribution in [0.15, 0.2) is 54.7 Å². The molecule has 210 valence electrons. The molecule has 0 saturated heterocycles. The van der Waals surface area contributed by atoms with Crippen LogP contribution in [0, 0.1) is 10.1 Å². The van der Waals surface area contributed by atoms with Crippen molar-refractivity contribution in [3.63, 3.8) is 0 Å². The molecule has 0 aliphatic rings. The monoisotopic (exact) mass is 550 g/mol. The minimum absolute atomic E-state index is 0.0666. The fourth-order valence-electron chi connectivity index (χ4n) is 3.87. The molecule has 40 heavy (non-hydrogen) atoms. The predicted molar refractivity (Wildman–Crippen MR) is 151 cm³/mol. The van der Waals surface area contributed by atoms with E-state index in [1.54, 1.807) is 20.3 Å². The summed E-state index contributed by atoms with van der Waals surface area (Å²) in [7, 11) is 8.97. The minimum atomic E-state index is -0.605. The van der Waals surface area contributed by atoms with Gasteiger partial charge in [-0.1, -0.05) is 12.2 Å². The van der Waals surface area contributed by atoms with Gasteiger partial charge < -0.3 is 33.7 Å². The van der Waals surface area contributed by atoms with Crippen molar-refractivity contribution in [3.8, 4) is 34.5 Å². The van der Waals surface area contributed by atoms with E-state index in [0.717, 1.165) is 11.1 Å². The Balaban J connectivity index is 1.89. The molecule has 3 aromatic carbocycles. The van der Waals surface area contributed by atoms with E-state index in [-0.39, 0.29) is 17.0 Å². The number of benzene rings is 3. The molecule has 0 heterocycles. The first-order valence-corrected chi connectivity index (χ1v) is 11.8. The Morgan fingerprint density at radius 3 is 1.75 bits per heavy atom. The van der Waals surface area contributed by atoms with Gasteiger partial charge in [-0.3, -0.25) is 14.9 Å². The second-order valence-electron chi connectivity index (χ2n) is 8.08. The molecule has 0 bridgehead atoms. The molecule has 11 heteroatoms. The zero-order valence-electron chi connectivity index (χ0n) is 23.0. The Labute approximate surface area is 231 Å². The van der Waals surface area contributed by atoms with Crippen LogP contribution in [-0.2, 0) is 0 Å². The van der Waals surface area contributed by atoms with Gasteiger partial charge >= 0.3 is 5.69 Å². The smallest absolute Gasteiger partial charge is 0.311 e. The zero-order chi connectivity index (χ0) is 29.2. The van der Waals surface area contributed by atoms with Crippen molar-refractivity contribution in [2.45, 2.75) is 0 Å². The molecule has 0 spiro atoms. The molecule has 3 rings (SSSR count). The number of nitro groups is 1. The fourth-order valence-corrected chi connectivity index (χ4v) is 3.87. The molecule has 0 aliphatic carbocycles. The van der Waals surface area contributed by atoms with E-state index in [0.29, 0.717) is 34.4 Å². The lowest BCUT2D eigenvalue weighted by molar-refractivity contribution is -0.385. The van der Waals surface area contributed by atoms with Gasteiger partial charge in [0.05, 0.1) is 53.3 Å². The third-order valence-corrected chi connectivity index (χ3v) is 5.79. The first-order valence-electron chi connectivity index (χ1n) is 11.8. The summed E-state index contributed by atoms with van der Waals surface area (Å²) in [6.07, 6.45) is 6.41. The van der Waals surface area contributed by atoms with E-state index in [4.69, 9.17) is 28.4 Å². The lowest BCUT2D eigenvalue weighted by atomic mass is 10.1. The Hall–Kier alpha value is -5.19. The predicted octanol–water partition coefficient (Wildman–Crippen LogP) is 5.63. The van der Waals surface area contributed by atoms with Crippen molar-refractivity contribution in [2.75, 3.05) is 48.0 Å². The van der Waals surface area contributed by atoms with Crippen LogP contribution in [0.5, 0.6) is 34.5 Å². The third kappa shape index (κ3) is 6.62. The van der Waals surface area contributed by atoms with Crippen molar-refractivity contribution in [1.82, 2.24) is 0 Å². The van der Waals surface area contributed by atoms with Gasteiger partial charge in [0.25, 0.3) is 0 Å². The van der Waals surface area contributed by atoms with Crippen molar-refractivity contribution < 1.29 is 38.1 Å². The number of ether oxygens (including phenoxy) is 6. The summed E-state index contributed by atoms with van der Waals surface area (Å²) in [4.78, 5) is 23.4. The maximum absolute atomic E-state index is 12.7. The second kappa shape index (κ2) is 13.6. The summed E-state index contributed by atoms with van der Waals surface area (Å²) in [6.45, 7) is 0. The number of hydrogen-bond donors (Lipinski definition) is 1. The van der Waals surface area contributed by atoms with Crippen molar-refractivity contribution in [1.29, 1.82) is 0 Å². The van der Waals surface area contributed by atoms with E-state index >= 15 is 0 Å². The van der Waals surface area contributed by atoms with Crippen LogP contribution in [0.2, 0.25) is 0 Å². The molecule has 0 aromatic heterocycles. The SMILES string of the molecule is COc1ccc(C(=O)/C=C\Nc2cc(/C=C\c3cc(OC)c(OC)c(OC)c3)cc(OC)c2OC)cc1[N+](=O)[O-]. The van der Waals surface area contributed by atoms with E-state index in [9.17, 15) is 14.9 Å². The molecule has 0 saturated carbocycles. The quantitative estimate of drug-likeness (QED) is 0.0941. The van der Waals surface area contributed by atoms with Crippen LogP contribution in [0.1, 0.15) is 21.5 Å². The van der Waals surface area contributed by atoms with Crippen molar-refractivity contribution in [3.05, 3.63) is 81.5 Å². The van der Waals surface area contributed by atoms with Crippen LogP contribution in [0.25, 0.3) is 12.2 Å². The average molecular weight is 551 g/mol. The molecule has 11 nitrogen and oxygen atoms in total. The summed E-state index contributed by atoms with van der Waals surface area (Å²) in [5, 5.41) is 14.3. The molecule has 0 unspecified atom stereocenters. The molecular formula is C29H30N2O9. The van der Waals surface area contributed by atoms with Crippen LogP contribution < -0.4 is 33.7 Å². The van der Waals surface area contributed by atoms with Crippen molar-refractivity contribution in [2.24, 2.45) is 0 Å². The molecule has 3 aromatic rings. The highest BCUT2D eigenvalue weighted by atomic mass is 16.6. The highest BCUT2D eigenvalue weighted by Gasteiger charge is 2.17. The first-order chi connectivity index (χ1) is 19.3. The number of allylic oxidation sites excluding steroid dienone is 1. The van der Waals surface area contributed by atoms with Crippen LogP contribution in [-0.4, -0.2) is 53.4 Å². The fraction of sp³-hybridized carbons (Fsp3) is 0.207. The number of rotatable bonds is 13. The van der Waals surface area contributed by atoms with Crippen LogP contribution in [0.4, 0.5) is 11.4 Å². The third-order valence-electron chi connectivity index (χ3n) is 5.79. The molecule has 0 aliphatic heterocycles. The number of nitrogens with zero attached hydrogens (tertiary/aromatic N) is 1. The average Bonchev–Trinajstić information content (AvgIpc) is 2.98. The molecule has 0 fully saturated rings. The number of nitro benzene ring substituents is 1. The van der Waals surface area contributed by atoms with E-state index in [2.05, 4.69) is 5.32 Å². The van der Waals surface area contributed by atoms with Gasteiger partial charge in [0.15, 0.2) is 34.5 Å². The highest BCUT2D eigenvalue weighted by Crippen LogP contribution is 2.40. The normalized spacial score (nSPS) is 10.8. The number of carbonyl (C=O) groups excluding carboxylic acids is 1. The van der Waals surface area contributed by atoms with Gasteiger partial charge in [-0.05, 0) is 47.5 Å². The van der Waals surface area contributed by atoms with Gasteiger partial charge in [-0.15, -0.1) is 0 Å². The standard InChI is InChI=1S/C29H30N2O9/c1-35-24-10-9-20(17-22(24)31(33)34)23(32)11-12-30-21-13-18(14-25(36-2)28(21)39-5)7-8-19-15-26(37-3)29(40-6)27(16-19)38-4/h7-17,30H,1-6H3/b8-7-,12-11-. The van der Waals surface area contributed by atoms with Gasteiger partial charge in [0, 0.05) is 23.9 Å². The maximum atomic E-state index is 12.7. The number of anilines is 1. The van der Waals surface area contributed by atoms with Gasteiger partial charge in [0.2, 0.25) is 5.75 Å². The van der Waals surface area contributed by atoms with E-state index < -0.39 is 10.7 Å². The van der Waals surface area contributed by atoms with Gasteiger partial charge in [-0.2, -0.15) is 0 Å².